The summed E-state index contributed by atoms with van der Waals surface area (Å²) in [5.74, 6) is -0.314. The standard InChI is InChI=1S/C31H49BN2O5S/c1-28(2,21-10-12-22(13-11-21)34-25(36)20-23(40-9)26(34)37)15-14-24(35)33-30(5,6)16-17-31(7,8)39-19-18-29(3,4)27(32)38/h10-13,23H,14-20,32H2,1-9H3,(H,33,35). The van der Waals surface area contributed by atoms with Crippen LogP contribution in [0.15, 0.2) is 24.3 Å². The predicted molar refractivity (Wildman–Crippen MR) is 167 cm³/mol. The lowest BCUT2D eigenvalue weighted by atomic mass is 9.75. The fourth-order valence-electron chi connectivity index (χ4n) is 4.64. The van der Waals surface area contributed by atoms with Gasteiger partial charge in [0.25, 0.3) is 0 Å². The quantitative estimate of drug-likeness (QED) is 0.240. The molecule has 1 aromatic carbocycles. The van der Waals surface area contributed by atoms with Crippen molar-refractivity contribution in [3.05, 3.63) is 29.8 Å². The van der Waals surface area contributed by atoms with E-state index >= 15 is 0 Å². The van der Waals surface area contributed by atoms with Gasteiger partial charge in [-0.2, -0.15) is 11.8 Å². The molecule has 7 nitrogen and oxygen atoms in total. The van der Waals surface area contributed by atoms with Gasteiger partial charge in [0, 0.05) is 30.4 Å². The molecule has 0 aromatic heterocycles. The van der Waals surface area contributed by atoms with Crippen LogP contribution in [0, 0.1) is 5.41 Å². The summed E-state index contributed by atoms with van der Waals surface area (Å²) in [5.41, 5.74) is 0.426. The Balaban J connectivity index is 1.87. The minimum atomic E-state index is -0.386. The van der Waals surface area contributed by atoms with Crippen molar-refractivity contribution in [2.24, 2.45) is 5.41 Å². The van der Waals surface area contributed by atoms with Crippen LogP contribution in [-0.4, -0.2) is 60.5 Å². The lowest BCUT2D eigenvalue weighted by Gasteiger charge is -2.33. The molecular formula is C31H49BN2O5S. The van der Waals surface area contributed by atoms with Crippen LogP contribution in [0.4, 0.5) is 5.69 Å². The molecule has 1 aliphatic rings. The minimum absolute atomic E-state index is 0.00740. The first-order chi connectivity index (χ1) is 18.3. The predicted octanol–water partition coefficient (Wildman–Crippen LogP) is 4.79. The van der Waals surface area contributed by atoms with Crippen molar-refractivity contribution in [3.63, 3.8) is 0 Å². The average Bonchev–Trinajstić information content (AvgIpc) is 3.14. The van der Waals surface area contributed by atoms with Gasteiger partial charge >= 0.3 is 0 Å². The Morgan fingerprint density at radius 1 is 0.975 bits per heavy atom. The number of hydrogen-bond acceptors (Lipinski definition) is 6. The molecule has 0 aliphatic carbocycles. The number of ether oxygens (including phenoxy) is 1. The molecule has 2 rings (SSSR count). The van der Waals surface area contributed by atoms with E-state index in [1.165, 1.54) is 16.7 Å². The topological polar surface area (TPSA) is 92.8 Å². The molecule has 1 aliphatic heterocycles. The second-order valence-corrected chi connectivity index (χ2v) is 14.7. The Morgan fingerprint density at radius 2 is 1.57 bits per heavy atom. The zero-order valence-corrected chi connectivity index (χ0v) is 27.0. The summed E-state index contributed by atoms with van der Waals surface area (Å²) in [6.45, 7) is 16.8. The number of carbonyl (C=O) groups is 4. The summed E-state index contributed by atoms with van der Waals surface area (Å²) < 4.78 is 6.11. The highest BCUT2D eigenvalue weighted by molar-refractivity contribution is 8.00. The molecule has 0 saturated carbocycles. The number of benzene rings is 1. The number of hydrogen-bond donors (Lipinski definition) is 1. The van der Waals surface area contributed by atoms with Crippen LogP contribution >= 0.6 is 11.8 Å². The van der Waals surface area contributed by atoms with Crippen molar-refractivity contribution >= 4 is 48.7 Å². The second-order valence-electron chi connectivity index (χ2n) is 13.7. The van der Waals surface area contributed by atoms with Gasteiger partial charge in [-0.25, -0.2) is 4.90 Å². The summed E-state index contributed by atoms with van der Waals surface area (Å²) in [6.07, 6.45) is 5.34. The molecular weight excluding hydrogens is 523 g/mol. The fourth-order valence-corrected chi connectivity index (χ4v) is 5.25. The number of anilines is 1. The Labute approximate surface area is 246 Å². The molecule has 1 saturated heterocycles. The monoisotopic (exact) mass is 572 g/mol. The van der Waals surface area contributed by atoms with E-state index in [0.717, 1.165) is 18.4 Å². The SMILES string of the molecule is BC(=O)C(C)(C)CCOC(C)(C)CCC(C)(C)NC(=O)CCC(C)(C)c1ccc(N2C(=O)CC(SC)C2=O)cc1. The first-order valence-corrected chi connectivity index (χ1v) is 15.6. The number of nitrogens with one attached hydrogen (secondary N) is 1. The van der Waals surface area contributed by atoms with Crippen molar-refractivity contribution in [1.82, 2.24) is 5.32 Å². The normalized spacial score (nSPS) is 16.9. The van der Waals surface area contributed by atoms with E-state index in [1.54, 1.807) is 7.85 Å². The molecule has 1 atom stereocenters. The molecule has 40 heavy (non-hydrogen) atoms. The highest BCUT2D eigenvalue weighted by Crippen LogP contribution is 2.33. The molecule has 1 unspecified atom stereocenters. The summed E-state index contributed by atoms with van der Waals surface area (Å²) >= 11 is 1.41. The Bertz CT molecular complexity index is 1080. The van der Waals surface area contributed by atoms with Gasteiger partial charge in [0.2, 0.25) is 17.7 Å². The first kappa shape index (κ1) is 34.1. The van der Waals surface area contributed by atoms with Crippen LogP contribution in [0.2, 0.25) is 0 Å². The van der Waals surface area contributed by atoms with E-state index in [4.69, 9.17) is 4.74 Å². The van der Waals surface area contributed by atoms with Crippen molar-refractivity contribution in [1.29, 1.82) is 0 Å². The van der Waals surface area contributed by atoms with Crippen LogP contribution in [0.5, 0.6) is 0 Å². The third kappa shape index (κ3) is 9.47. The summed E-state index contributed by atoms with van der Waals surface area (Å²) in [7, 11) is 1.62. The molecule has 222 valence electrons. The van der Waals surface area contributed by atoms with Crippen LogP contribution in [-0.2, 0) is 29.3 Å². The molecule has 3 amide bonds. The summed E-state index contributed by atoms with van der Waals surface area (Å²) in [5, 5.41) is 2.88. The number of carbonyl (C=O) groups excluding carboxylic acids is 4. The van der Waals surface area contributed by atoms with Crippen molar-refractivity contribution in [2.45, 2.75) is 116 Å². The van der Waals surface area contributed by atoms with Gasteiger partial charge in [0.1, 0.15) is 0 Å². The fraction of sp³-hybridized carbons (Fsp3) is 0.677. The Hall–Kier alpha value is -2.13. The van der Waals surface area contributed by atoms with Crippen LogP contribution in [0.1, 0.15) is 99.5 Å². The Morgan fingerprint density at radius 3 is 2.10 bits per heavy atom. The van der Waals surface area contributed by atoms with Crippen molar-refractivity contribution in [3.8, 4) is 0 Å². The summed E-state index contributed by atoms with van der Waals surface area (Å²) in [4.78, 5) is 50.9. The minimum Gasteiger partial charge on any atom is -0.376 e. The third-order valence-electron chi connectivity index (χ3n) is 8.28. The van der Waals surface area contributed by atoms with E-state index < -0.39 is 0 Å². The summed E-state index contributed by atoms with van der Waals surface area (Å²) in [6, 6.07) is 7.54. The van der Waals surface area contributed by atoms with Crippen molar-refractivity contribution < 1.29 is 23.9 Å². The molecule has 1 aromatic rings. The average molecular weight is 573 g/mol. The molecule has 1 heterocycles. The number of nitrogens with zero attached hydrogens (tertiary/aromatic N) is 1. The van der Waals surface area contributed by atoms with Crippen molar-refractivity contribution in [2.75, 3.05) is 17.8 Å². The molecule has 0 radical (unpaired) electrons. The second kappa shape index (κ2) is 13.2. The van der Waals surface area contributed by atoms with Gasteiger partial charge in [0.15, 0.2) is 7.85 Å². The highest BCUT2D eigenvalue weighted by Gasteiger charge is 2.39. The van der Waals surface area contributed by atoms with Gasteiger partial charge in [-0.3, -0.25) is 14.4 Å². The molecule has 1 fully saturated rings. The van der Waals surface area contributed by atoms with Crippen LogP contribution < -0.4 is 10.2 Å². The number of thioether (sulfide) groups is 1. The highest BCUT2D eigenvalue weighted by atomic mass is 32.2. The maximum absolute atomic E-state index is 12.9. The number of rotatable bonds is 15. The molecule has 9 heteroatoms. The Kier molecular flexibility index (Phi) is 11.3. The first-order valence-electron chi connectivity index (χ1n) is 14.3. The van der Waals surface area contributed by atoms with E-state index in [9.17, 15) is 19.2 Å². The van der Waals surface area contributed by atoms with Gasteiger partial charge in [-0.1, -0.05) is 39.8 Å². The number of imide groups is 1. The third-order valence-corrected chi connectivity index (χ3v) is 9.21. The van der Waals surface area contributed by atoms with E-state index in [1.807, 2.05) is 58.2 Å². The zero-order chi connectivity index (χ0) is 30.5. The van der Waals surface area contributed by atoms with Crippen LogP contribution in [0.25, 0.3) is 0 Å². The lowest BCUT2D eigenvalue weighted by Crippen LogP contribution is -2.45. The van der Waals surface area contributed by atoms with Gasteiger partial charge < -0.3 is 14.8 Å². The smallest absolute Gasteiger partial charge is 0.247 e. The van der Waals surface area contributed by atoms with Crippen LogP contribution in [0.3, 0.4) is 0 Å². The van der Waals surface area contributed by atoms with Gasteiger partial charge in [-0.15, -0.1) is 0 Å². The van der Waals surface area contributed by atoms with Gasteiger partial charge in [0.05, 0.1) is 22.2 Å². The lowest BCUT2D eigenvalue weighted by molar-refractivity contribution is -0.123. The maximum Gasteiger partial charge on any atom is 0.247 e. The van der Waals surface area contributed by atoms with Gasteiger partial charge in [-0.05, 0) is 82.7 Å². The zero-order valence-electron chi connectivity index (χ0n) is 26.2. The van der Waals surface area contributed by atoms with E-state index in [0.29, 0.717) is 31.6 Å². The molecule has 0 bridgehead atoms. The molecule has 1 N–H and O–H groups in total. The maximum atomic E-state index is 12.9. The molecule has 0 spiro atoms. The largest absolute Gasteiger partial charge is 0.376 e. The number of amides is 3. The van der Waals surface area contributed by atoms with E-state index in [2.05, 4.69) is 33.0 Å². The van der Waals surface area contributed by atoms with E-state index in [-0.39, 0.29) is 57.0 Å².